The maximum atomic E-state index is 2.43. The lowest BCUT2D eigenvalue weighted by Crippen LogP contribution is -1.93. The first-order valence-electron chi connectivity index (χ1n) is 18.0. The van der Waals surface area contributed by atoms with Crippen LogP contribution in [0.5, 0.6) is 0 Å². The zero-order valence-corrected chi connectivity index (χ0v) is 28.6. The summed E-state index contributed by atoms with van der Waals surface area (Å²) < 4.78 is 0. The largest absolute Gasteiger partial charge is 0.0622 e. The third kappa shape index (κ3) is 5.00. The summed E-state index contributed by atoms with van der Waals surface area (Å²) in [4.78, 5) is 0. The lowest BCUT2D eigenvalue weighted by atomic mass is 9.83. The Labute approximate surface area is 303 Å². The van der Waals surface area contributed by atoms with Gasteiger partial charge in [-0.25, -0.2) is 0 Å². The first-order valence-corrected chi connectivity index (χ1v) is 18.0. The average molecular weight is 659 g/mol. The Morgan fingerprint density at radius 1 is 0.192 bits per heavy atom. The number of hydrogen-bond acceptors (Lipinski definition) is 0. The molecule has 0 aromatic heterocycles. The molecule has 0 heterocycles. The molecule has 0 unspecified atom stereocenters. The summed E-state index contributed by atoms with van der Waals surface area (Å²) in [6.07, 6.45) is 0. The topological polar surface area (TPSA) is 0 Å². The summed E-state index contributed by atoms with van der Waals surface area (Å²) in [7, 11) is 0. The van der Waals surface area contributed by atoms with Crippen LogP contribution < -0.4 is 0 Å². The molecular formula is C52H34. The van der Waals surface area contributed by atoms with Crippen molar-refractivity contribution in [1.29, 1.82) is 0 Å². The SMILES string of the molecule is c1ccc(-c2ccc(-c3cccc(-c4cc5ccccc5c5ccccc45)c3)cc2-c2c3ccccc3c(-c3ccccc3)c3ccccc23)cc1. The van der Waals surface area contributed by atoms with Gasteiger partial charge in [-0.15, -0.1) is 0 Å². The van der Waals surface area contributed by atoms with Gasteiger partial charge in [-0.2, -0.15) is 0 Å². The second kappa shape index (κ2) is 12.5. The fourth-order valence-electron chi connectivity index (χ4n) is 8.29. The van der Waals surface area contributed by atoms with E-state index in [9.17, 15) is 0 Å². The highest BCUT2D eigenvalue weighted by molar-refractivity contribution is 6.22. The van der Waals surface area contributed by atoms with Gasteiger partial charge in [0.1, 0.15) is 0 Å². The second-order valence-corrected chi connectivity index (χ2v) is 13.6. The molecule has 0 aliphatic rings. The minimum Gasteiger partial charge on any atom is -0.0622 e. The van der Waals surface area contributed by atoms with Crippen LogP contribution in [0.1, 0.15) is 0 Å². The quantitative estimate of drug-likeness (QED) is 0.128. The van der Waals surface area contributed by atoms with Crippen LogP contribution in [0.25, 0.3) is 98.7 Å². The maximum Gasteiger partial charge on any atom is -0.00199 e. The molecule has 10 rings (SSSR count). The van der Waals surface area contributed by atoms with Crippen molar-refractivity contribution in [3.63, 3.8) is 0 Å². The zero-order valence-electron chi connectivity index (χ0n) is 28.6. The molecule has 0 atom stereocenters. The Balaban J connectivity index is 1.23. The van der Waals surface area contributed by atoms with Gasteiger partial charge in [0, 0.05) is 0 Å². The lowest BCUT2D eigenvalue weighted by molar-refractivity contribution is 1.58. The van der Waals surface area contributed by atoms with Gasteiger partial charge in [0.25, 0.3) is 0 Å². The molecule has 0 heteroatoms. The number of hydrogen-bond donors (Lipinski definition) is 0. The monoisotopic (exact) mass is 658 g/mol. The minimum atomic E-state index is 1.20. The fraction of sp³-hybridized carbons (Fsp3) is 0. The Hall–Kier alpha value is -6.76. The molecular weight excluding hydrogens is 625 g/mol. The molecule has 0 N–H and O–H groups in total. The van der Waals surface area contributed by atoms with Gasteiger partial charge in [-0.3, -0.25) is 0 Å². The summed E-state index contributed by atoms with van der Waals surface area (Å²) in [5, 5.41) is 10.1. The first-order chi connectivity index (χ1) is 25.8. The molecule has 0 saturated carbocycles. The molecule has 0 aliphatic heterocycles. The number of benzene rings is 10. The minimum absolute atomic E-state index is 1.20. The molecule has 242 valence electrons. The van der Waals surface area contributed by atoms with Gasteiger partial charge in [0.15, 0.2) is 0 Å². The number of rotatable bonds is 5. The summed E-state index contributed by atoms with van der Waals surface area (Å²) in [5.41, 5.74) is 12.3. The van der Waals surface area contributed by atoms with Crippen molar-refractivity contribution in [2.45, 2.75) is 0 Å². The highest BCUT2D eigenvalue weighted by Gasteiger charge is 2.20. The van der Waals surface area contributed by atoms with Gasteiger partial charge in [-0.05, 0) is 117 Å². The average Bonchev–Trinajstić information content (AvgIpc) is 3.23. The van der Waals surface area contributed by atoms with Gasteiger partial charge >= 0.3 is 0 Å². The van der Waals surface area contributed by atoms with Crippen LogP contribution in [0.4, 0.5) is 0 Å². The lowest BCUT2D eigenvalue weighted by Gasteiger charge is -2.20. The van der Waals surface area contributed by atoms with E-state index >= 15 is 0 Å². The van der Waals surface area contributed by atoms with E-state index in [4.69, 9.17) is 0 Å². The van der Waals surface area contributed by atoms with Gasteiger partial charge in [-0.1, -0.05) is 188 Å². The predicted molar refractivity (Wildman–Crippen MR) is 224 cm³/mol. The maximum absolute atomic E-state index is 2.43. The third-order valence-corrected chi connectivity index (χ3v) is 10.6. The standard InChI is InChI=1S/C52H34/c1-3-16-35(17-4-1)42-31-30-38(37-21-15-22-39(32-37)49-34-40-20-7-8-23-41(40)43-24-9-10-25-44(43)49)33-50(42)52-47-28-13-11-26-45(47)51(36-18-5-2-6-19-36)46-27-12-14-29-48(46)52/h1-34H. The van der Waals surface area contributed by atoms with Crippen LogP contribution in [-0.4, -0.2) is 0 Å². The van der Waals surface area contributed by atoms with Crippen LogP contribution in [0, 0.1) is 0 Å². The summed E-state index contributed by atoms with van der Waals surface area (Å²) in [6, 6.07) is 75.5. The van der Waals surface area contributed by atoms with E-state index < -0.39 is 0 Å². The van der Waals surface area contributed by atoms with E-state index in [1.807, 2.05) is 0 Å². The normalized spacial score (nSPS) is 11.5. The number of fused-ring (bicyclic) bond motifs is 5. The Bertz CT molecular complexity index is 2880. The molecule has 0 aliphatic carbocycles. The Morgan fingerprint density at radius 3 is 1.35 bits per heavy atom. The molecule has 0 spiro atoms. The molecule has 0 bridgehead atoms. The van der Waals surface area contributed by atoms with Crippen molar-refractivity contribution in [3.05, 3.63) is 206 Å². The van der Waals surface area contributed by atoms with Crippen molar-refractivity contribution in [2.24, 2.45) is 0 Å². The van der Waals surface area contributed by atoms with E-state index in [1.165, 1.54) is 98.7 Å². The van der Waals surface area contributed by atoms with Gasteiger partial charge < -0.3 is 0 Å². The fourth-order valence-corrected chi connectivity index (χ4v) is 8.29. The smallest absolute Gasteiger partial charge is 0.00199 e. The van der Waals surface area contributed by atoms with Crippen molar-refractivity contribution in [1.82, 2.24) is 0 Å². The highest BCUT2D eigenvalue weighted by Crippen LogP contribution is 2.47. The van der Waals surface area contributed by atoms with Crippen LogP contribution in [0.2, 0.25) is 0 Å². The van der Waals surface area contributed by atoms with E-state index in [0.29, 0.717) is 0 Å². The molecule has 0 radical (unpaired) electrons. The van der Waals surface area contributed by atoms with E-state index in [-0.39, 0.29) is 0 Å². The Kier molecular flexibility index (Phi) is 7.25. The van der Waals surface area contributed by atoms with E-state index in [2.05, 4.69) is 206 Å². The van der Waals surface area contributed by atoms with Crippen molar-refractivity contribution in [3.8, 4) is 55.6 Å². The van der Waals surface area contributed by atoms with Crippen molar-refractivity contribution < 1.29 is 0 Å². The molecule has 0 fully saturated rings. The Morgan fingerprint density at radius 2 is 0.673 bits per heavy atom. The summed E-state index contributed by atoms with van der Waals surface area (Å²) in [6.45, 7) is 0. The van der Waals surface area contributed by atoms with Crippen LogP contribution in [0.15, 0.2) is 206 Å². The second-order valence-electron chi connectivity index (χ2n) is 13.6. The van der Waals surface area contributed by atoms with E-state index in [0.717, 1.165) is 0 Å². The zero-order chi connectivity index (χ0) is 34.4. The van der Waals surface area contributed by atoms with Crippen LogP contribution in [0.3, 0.4) is 0 Å². The molecule has 10 aromatic rings. The predicted octanol–water partition coefficient (Wildman–Crippen LogP) is 14.6. The van der Waals surface area contributed by atoms with Crippen molar-refractivity contribution in [2.75, 3.05) is 0 Å². The van der Waals surface area contributed by atoms with E-state index in [1.54, 1.807) is 0 Å². The molecule has 52 heavy (non-hydrogen) atoms. The van der Waals surface area contributed by atoms with Crippen LogP contribution in [-0.2, 0) is 0 Å². The van der Waals surface area contributed by atoms with Gasteiger partial charge in [0.05, 0.1) is 0 Å². The third-order valence-electron chi connectivity index (χ3n) is 10.6. The highest BCUT2D eigenvalue weighted by atomic mass is 14.2. The molecule has 0 saturated heterocycles. The summed E-state index contributed by atoms with van der Waals surface area (Å²) in [5.74, 6) is 0. The molecule has 10 aromatic carbocycles. The summed E-state index contributed by atoms with van der Waals surface area (Å²) >= 11 is 0. The molecule has 0 nitrogen and oxygen atoms in total. The first kappa shape index (κ1) is 30.1. The van der Waals surface area contributed by atoms with Gasteiger partial charge in [0.2, 0.25) is 0 Å². The van der Waals surface area contributed by atoms with Crippen LogP contribution >= 0.6 is 0 Å². The van der Waals surface area contributed by atoms with Crippen molar-refractivity contribution >= 4 is 43.1 Å². The molecule has 0 amide bonds.